The monoisotopic (exact) mass is 288 g/mol. The van der Waals surface area contributed by atoms with E-state index in [-0.39, 0.29) is 23.9 Å². The van der Waals surface area contributed by atoms with E-state index in [0.29, 0.717) is 6.61 Å². The molecule has 4 heteroatoms. The molecule has 2 aliphatic rings. The van der Waals surface area contributed by atoms with Crippen LogP contribution in [0.15, 0.2) is 18.2 Å². The molecule has 1 aliphatic heterocycles. The minimum absolute atomic E-state index is 0.0849. The van der Waals surface area contributed by atoms with Gasteiger partial charge >= 0.3 is 0 Å². The van der Waals surface area contributed by atoms with Crippen molar-refractivity contribution in [2.75, 3.05) is 6.61 Å². The summed E-state index contributed by atoms with van der Waals surface area (Å²) in [6.45, 7) is 2.66. The Morgan fingerprint density at radius 1 is 1.29 bits per heavy atom. The van der Waals surface area contributed by atoms with Gasteiger partial charge in [0.25, 0.3) is 0 Å². The van der Waals surface area contributed by atoms with Crippen molar-refractivity contribution in [1.29, 1.82) is 0 Å². The van der Waals surface area contributed by atoms with Crippen molar-refractivity contribution in [3.63, 3.8) is 0 Å². The molecule has 0 bridgehead atoms. The molecule has 1 saturated carbocycles. The molecule has 0 aromatic heterocycles. The van der Waals surface area contributed by atoms with Gasteiger partial charge in [0.15, 0.2) is 0 Å². The van der Waals surface area contributed by atoms with Gasteiger partial charge in [-0.1, -0.05) is 12.1 Å². The highest BCUT2D eigenvalue weighted by Crippen LogP contribution is 2.28. The highest BCUT2D eigenvalue weighted by atomic mass is 16.5. The number of ether oxygens (including phenoxy) is 1. The van der Waals surface area contributed by atoms with Gasteiger partial charge < -0.3 is 15.8 Å². The molecule has 3 N–H and O–H groups in total. The summed E-state index contributed by atoms with van der Waals surface area (Å²) < 4.78 is 5.79. The van der Waals surface area contributed by atoms with E-state index < -0.39 is 0 Å². The van der Waals surface area contributed by atoms with E-state index in [1.54, 1.807) is 0 Å². The Labute approximate surface area is 126 Å². The van der Waals surface area contributed by atoms with Crippen molar-refractivity contribution in [3.8, 4) is 5.75 Å². The first-order chi connectivity index (χ1) is 10.1. The van der Waals surface area contributed by atoms with Crippen molar-refractivity contribution in [1.82, 2.24) is 5.32 Å². The van der Waals surface area contributed by atoms with Crippen LogP contribution in [0.25, 0.3) is 0 Å². The second kappa shape index (κ2) is 6.06. The second-order valence-electron chi connectivity index (χ2n) is 6.38. The van der Waals surface area contributed by atoms with Gasteiger partial charge in [-0.05, 0) is 56.2 Å². The second-order valence-corrected chi connectivity index (χ2v) is 6.38. The molecule has 21 heavy (non-hydrogen) atoms. The normalized spacial score (nSPS) is 28.4. The van der Waals surface area contributed by atoms with Crippen LogP contribution in [-0.4, -0.2) is 24.6 Å². The first kappa shape index (κ1) is 14.4. The Morgan fingerprint density at radius 3 is 2.81 bits per heavy atom. The van der Waals surface area contributed by atoms with Crippen LogP contribution in [0.3, 0.4) is 0 Å². The van der Waals surface area contributed by atoms with E-state index in [1.165, 1.54) is 11.1 Å². The molecule has 1 atom stereocenters. The predicted octanol–water partition coefficient (Wildman–Crippen LogP) is 1.93. The molecular weight excluding hydrogens is 264 g/mol. The summed E-state index contributed by atoms with van der Waals surface area (Å²) in [4.78, 5) is 12.4. The van der Waals surface area contributed by atoms with Crippen molar-refractivity contribution in [2.24, 2.45) is 11.7 Å². The number of hydrogen-bond acceptors (Lipinski definition) is 3. The number of nitrogens with two attached hydrogens (primary N) is 1. The molecular formula is C17H24N2O2. The quantitative estimate of drug-likeness (QED) is 0.874. The molecule has 0 radical (unpaired) electrons. The van der Waals surface area contributed by atoms with Crippen LogP contribution in [0.1, 0.15) is 36.8 Å². The first-order valence-corrected chi connectivity index (χ1v) is 7.90. The Bertz CT molecular complexity index is 522. The van der Waals surface area contributed by atoms with Crippen LogP contribution < -0.4 is 15.8 Å². The highest BCUT2D eigenvalue weighted by Gasteiger charge is 2.28. The summed E-state index contributed by atoms with van der Waals surface area (Å²) in [6.07, 6.45) is 4.61. The maximum absolute atomic E-state index is 12.4. The summed E-state index contributed by atoms with van der Waals surface area (Å²) in [5.74, 6) is 1.26. The third-order valence-corrected chi connectivity index (χ3v) is 4.75. The van der Waals surface area contributed by atoms with E-state index in [4.69, 9.17) is 10.5 Å². The lowest BCUT2D eigenvalue weighted by atomic mass is 9.85. The standard InChI is InChI=1S/C17H24N2O2/c1-11-3-2-4-16-15(11)9-14(10-21-16)19-17(20)12-5-7-13(18)8-6-12/h2-4,12-14H,5-10,18H2,1H3,(H,19,20). The van der Waals surface area contributed by atoms with E-state index in [2.05, 4.69) is 18.3 Å². The van der Waals surface area contributed by atoms with E-state index in [1.807, 2.05) is 12.1 Å². The van der Waals surface area contributed by atoms with Crippen molar-refractivity contribution < 1.29 is 9.53 Å². The number of rotatable bonds is 2. The molecule has 3 rings (SSSR count). The third kappa shape index (κ3) is 3.21. The van der Waals surface area contributed by atoms with Crippen LogP contribution in [0.5, 0.6) is 5.75 Å². The number of benzene rings is 1. The van der Waals surface area contributed by atoms with Gasteiger partial charge in [0, 0.05) is 12.0 Å². The molecule has 1 fully saturated rings. The number of carbonyl (C=O) groups is 1. The zero-order valence-electron chi connectivity index (χ0n) is 12.6. The summed E-state index contributed by atoms with van der Waals surface area (Å²) in [7, 11) is 0. The van der Waals surface area contributed by atoms with E-state index in [9.17, 15) is 4.79 Å². The fourth-order valence-electron chi connectivity index (χ4n) is 3.36. The van der Waals surface area contributed by atoms with Crippen LogP contribution in [-0.2, 0) is 11.2 Å². The summed E-state index contributed by atoms with van der Waals surface area (Å²) in [5.41, 5.74) is 8.35. The molecule has 1 aliphatic carbocycles. The fourth-order valence-corrected chi connectivity index (χ4v) is 3.36. The summed E-state index contributed by atoms with van der Waals surface area (Å²) in [6, 6.07) is 6.47. The van der Waals surface area contributed by atoms with Gasteiger partial charge in [-0.25, -0.2) is 0 Å². The number of amides is 1. The van der Waals surface area contributed by atoms with Gasteiger partial charge in [0.05, 0.1) is 6.04 Å². The number of carbonyl (C=O) groups excluding carboxylic acids is 1. The van der Waals surface area contributed by atoms with Crippen LogP contribution >= 0.6 is 0 Å². The number of fused-ring (bicyclic) bond motifs is 1. The molecule has 1 aromatic rings. The lowest BCUT2D eigenvalue weighted by molar-refractivity contribution is -0.127. The molecule has 1 amide bonds. The van der Waals surface area contributed by atoms with E-state index >= 15 is 0 Å². The topological polar surface area (TPSA) is 64.4 Å². The smallest absolute Gasteiger partial charge is 0.223 e. The largest absolute Gasteiger partial charge is 0.491 e. The number of nitrogens with one attached hydrogen (secondary N) is 1. The van der Waals surface area contributed by atoms with Gasteiger partial charge in [-0.2, -0.15) is 0 Å². The van der Waals surface area contributed by atoms with E-state index in [0.717, 1.165) is 37.9 Å². The lowest BCUT2D eigenvalue weighted by Gasteiger charge is -2.30. The fraction of sp³-hybridized carbons (Fsp3) is 0.588. The Morgan fingerprint density at radius 2 is 2.05 bits per heavy atom. The minimum atomic E-state index is 0.0849. The molecule has 114 valence electrons. The molecule has 0 spiro atoms. The van der Waals surface area contributed by atoms with Crippen molar-refractivity contribution >= 4 is 5.91 Å². The Balaban J connectivity index is 1.59. The Hall–Kier alpha value is -1.55. The molecule has 1 aromatic carbocycles. The first-order valence-electron chi connectivity index (χ1n) is 7.90. The van der Waals surface area contributed by atoms with Crippen LogP contribution in [0, 0.1) is 12.8 Å². The number of hydrogen-bond donors (Lipinski definition) is 2. The zero-order valence-corrected chi connectivity index (χ0v) is 12.6. The maximum Gasteiger partial charge on any atom is 0.223 e. The predicted molar refractivity (Wildman–Crippen MR) is 82.2 cm³/mol. The van der Waals surface area contributed by atoms with Gasteiger partial charge in [0.2, 0.25) is 5.91 Å². The zero-order chi connectivity index (χ0) is 14.8. The number of aryl methyl sites for hydroxylation is 1. The van der Waals surface area contributed by atoms with Gasteiger partial charge in [-0.3, -0.25) is 4.79 Å². The van der Waals surface area contributed by atoms with Crippen molar-refractivity contribution in [2.45, 2.75) is 51.1 Å². The van der Waals surface area contributed by atoms with Gasteiger partial charge in [-0.15, -0.1) is 0 Å². The highest BCUT2D eigenvalue weighted by molar-refractivity contribution is 5.79. The SMILES string of the molecule is Cc1cccc2c1CC(NC(=O)C1CCC(N)CC1)CO2. The van der Waals surface area contributed by atoms with Gasteiger partial charge in [0.1, 0.15) is 12.4 Å². The minimum Gasteiger partial charge on any atom is -0.491 e. The third-order valence-electron chi connectivity index (χ3n) is 4.75. The average molecular weight is 288 g/mol. The lowest BCUT2D eigenvalue weighted by Crippen LogP contribution is -2.46. The van der Waals surface area contributed by atoms with Crippen molar-refractivity contribution in [3.05, 3.63) is 29.3 Å². The summed E-state index contributed by atoms with van der Waals surface area (Å²) in [5, 5.41) is 3.17. The molecule has 1 heterocycles. The maximum atomic E-state index is 12.4. The molecule has 4 nitrogen and oxygen atoms in total. The van der Waals surface area contributed by atoms with Crippen LogP contribution in [0.4, 0.5) is 0 Å². The van der Waals surface area contributed by atoms with Crippen LogP contribution in [0.2, 0.25) is 0 Å². The molecule has 0 saturated heterocycles. The Kier molecular flexibility index (Phi) is 4.15. The summed E-state index contributed by atoms with van der Waals surface area (Å²) >= 11 is 0. The molecule has 1 unspecified atom stereocenters. The average Bonchev–Trinajstić information content (AvgIpc) is 2.49.